The maximum atomic E-state index is 5.71. The molecule has 0 aliphatic carbocycles. The summed E-state index contributed by atoms with van der Waals surface area (Å²) in [6.45, 7) is 4.23. The van der Waals surface area contributed by atoms with E-state index in [0.717, 1.165) is 6.61 Å². The summed E-state index contributed by atoms with van der Waals surface area (Å²) in [5, 5.41) is 3.31. The molecule has 1 aromatic rings. The quantitative estimate of drug-likeness (QED) is 0.853. The van der Waals surface area contributed by atoms with Crippen LogP contribution in [0.25, 0.3) is 0 Å². The summed E-state index contributed by atoms with van der Waals surface area (Å²) in [5.74, 6) is 0. The zero-order chi connectivity index (χ0) is 10.7. The van der Waals surface area contributed by atoms with Crippen molar-refractivity contribution in [3.8, 4) is 0 Å². The van der Waals surface area contributed by atoms with E-state index in [1.807, 2.05) is 18.4 Å². The Kier molecular flexibility index (Phi) is 3.75. The molecular formula is C11H17NO2S. The van der Waals surface area contributed by atoms with Crippen LogP contribution in [0.2, 0.25) is 0 Å². The van der Waals surface area contributed by atoms with Crippen LogP contribution in [0.3, 0.4) is 0 Å². The Morgan fingerprint density at radius 3 is 2.87 bits per heavy atom. The Morgan fingerprint density at radius 2 is 2.33 bits per heavy atom. The maximum Gasteiger partial charge on any atom is 0.101 e. The van der Waals surface area contributed by atoms with Crippen LogP contribution in [0.5, 0.6) is 0 Å². The molecule has 0 aromatic carbocycles. The lowest BCUT2D eigenvalue weighted by molar-refractivity contribution is -0.101. The molecule has 84 valence electrons. The second-order valence-corrected chi connectivity index (χ2v) is 5.02. The van der Waals surface area contributed by atoms with Gasteiger partial charge in [-0.15, -0.1) is 11.3 Å². The van der Waals surface area contributed by atoms with E-state index in [0.29, 0.717) is 13.2 Å². The van der Waals surface area contributed by atoms with Gasteiger partial charge in [0.15, 0.2) is 0 Å². The third kappa shape index (κ3) is 2.58. The minimum absolute atomic E-state index is 0.141. The van der Waals surface area contributed by atoms with Gasteiger partial charge >= 0.3 is 0 Å². The highest BCUT2D eigenvalue weighted by molar-refractivity contribution is 7.12. The summed E-state index contributed by atoms with van der Waals surface area (Å²) in [5.41, 5.74) is 0. The number of rotatable bonds is 3. The Bertz CT molecular complexity index is 307. The average Bonchev–Trinajstić information content (AvgIpc) is 2.68. The Labute approximate surface area is 94.4 Å². The van der Waals surface area contributed by atoms with Crippen LogP contribution < -0.4 is 5.32 Å². The van der Waals surface area contributed by atoms with Gasteiger partial charge in [-0.05, 0) is 26.1 Å². The van der Waals surface area contributed by atoms with Gasteiger partial charge in [0, 0.05) is 9.75 Å². The fourth-order valence-corrected chi connectivity index (χ4v) is 2.87. The van der Waals surface area contributed by atoms with Crippen LogP contribution in [0.1, 0.15) is 15.8 Å². The smallest absolute Gasteiger partial charge is 0.101 e. The highest BCUT2D eigenvalue weighted by Crippen LogP contribution is 2.27. The van der Waals surface area contributed by atoms with E-state index in [1.165, 1.54) is 9.75 Å². The summed E-state index contributed by atoms with van der Waals surface area (Å²) < 4.78 is 11.1. The van der Waals surface area contributed by atoms with Gasteiger partial charge in [0.25, 0.3) is 0 Å². The Balaban J connectivity index is 2.08. The van der Waals surface area contributed by atoms with E-state index in [1.54, 1.807) is 0 Å². The zero-order valence-electron chi connectivity index (χ0n) is 9.16. The van der Waals surface area contributed by atoms with Gasteiger partial charge in [-0.1, -0.05) is 0 Å². The number of likely N-dealkylation sites (N-methyl/N-ethyl adjacent to an activating group) is 1. The van der Waals surface area contributed by atoms with Gasteiger partial charge in [0.2, 0.25) is 0 Å². The molecule has 15 heavy (non-hydrogen) atoms. The van der Waals surface area contributed by atoms with Crippen molar-refractivity contribution in [3.63, 3.8) is 0 Å². The van der Waals surface area contributed by atoms with Crippen molar-refractivity contribution in [3.05, 3.63) is 21.9 Å². The van der Waals surface area contributed by atoms with Crippen molar-refractivity contribution < 1.29 is 9.47 Å². The third-order valence-electron chi connectivity index (χ3n) is 2.59. The Hall–Kier alpha value is -0.420. The second-order valence-electron chi connectivity index (χ2n) is 3.70. The molecule has 0 spiro atoms. The minimum Gasteiger partial charge on any atom is -0.376 e. The first-order chi connectivity index (χ1) is 7.31. The zero-order valence-corrected chi connectivity index (χ0v) is 9.97. The van der Waals surface area contributed by atoms with Crippen LogP contribution in [0.15, 0.2) is 12.1 Å². The van der Waals surface area contributed by atoms with Crippen LogP contribution in [0.4, 0.5) is 0 Å². The van der Waals surface area contributed by atoms with Crippen molar-refractivity contribution in [2.24, 2.45) is 0 Å². The van der Waals surface area contributed by atoms with Crippen molar-refractivity contribution in [1.29, 1.82) is 0 Å². The first kappa shape index (κ1) is 11.1. The molecule has 3 nitrogen and oxygen atoms in total. The first-order valence-electron chi connectivity index (χ1n) is 5.24. The number of nitrogens with one attached hydrogen (secondary N) is 1. The molecule has 2 heterocycles. The van der Waals surface area contributed by atoms with Crippen molar-refractivity contribution >= 4 is 11.3 Å². The number of hydrogen-bond donors (Lipinski definition) is 1. The molecule has 0 saturated carbocycles. The second kappa shape index (κ2) is 5.07. The highest BCUT2D eigenvalue weighted by Gasteiger charge is 2.26. The lowest BCUT2D eigenvalue weighted by atomic mass is 10.1. The standard InChI is InChI=1S/C11H17NO2S/c1-8-3-4-10(15-8)11(12-2)9-7-13-5-6-14-9/h3-4,9,11-12H,5-7H2,1-2H3. The van der Waals surface area contributed by atoms with Gasteiger partial charge in [-0.2, -0.15) is 0 Å². The first-order valence-corrected chi connectivity index (χ1v) is 6.06. The molecule has 0 bridgehead atoms. The average molecular weight is 227 g/mol. The molecule has 1 saturated heterocycles. The largest absolute Gasteiger partial charge is 0.376 e. The molecule has 2 unspecified atom stereocenters. The predicted octanol–water partition coefficient (Wildman–Crippen LogP) is 1.73. The number of thiophene rings is 1. The molecule has 2 atom stereocenters. The topological polar surface area (TPSA) is 30.5 Å². The van der Waals surface area contributed by atoms with E-state index in [4.69, 9.17) is 9.47 Å². The summed E-state index contributed by atoms with van der Waals surface area (Å²) in [7, 11) is 1.97. The molecule has 4 heteroatoms. The van der Waals surface area contributed by atoms with Crippen LogP contribution >= 0.6 is 11.3 Å². The fraction of sp³-hybridized carbons (Fsp3) is 0.636. The molecule has 1 aliphatic rings. The van der Waals surface area contributed by atoms with Gasteiger partial charge < -0.3 is 14.8 Å². The van der Waals surface area contributed by atoms with E-state index >= 15 is 0 Å². The minimum atomic E-state index is 0.141. The summed E-state index contributed by atoms with van der Waals surface area (Å²) in [6, 6.07) is 4.57. The molecule has 1 aliphatic heterocycles. The van der Waals surface area contributed by atoms with Crippen molar-refractivity contribution in [2.75, 3.05) is 26.9 Å². The van der Waals surface area contributed by atoms with E-state index in [9.17, 15) is 0 Å². The summed E-state index contributed by atoms with van der Waals surface area (Å²) in [6.07, 6.45) is 0.141. The third-order valence-corrected chi connectivity index (χ3v) is 3.68. The fourth-order valence-electron chi connectivity index (χ4n) is 1.83. The van der Waals surface area contributed by atoms with E-state index < -0.39 is 0 Å². The molecule has 0 radical (unpaired) electrons. The summed E-state index contributed by atoms with van der Waals surface area (Å²) >= 11 is 1.82. The lowest BCUT2D eigenvalue weighted by Gasteiger charge is -2.29. The molecule has 0 amide bonds. The maximum absolute atomic E-state index is 5.71. The summed E-state index contributed by atoms with van der Waals surface area (Å²) in [4.78, 5) is 2.66. The normalized spacial score (nSPS) is 24.0. The van der Waals surface area contributed by atoms with Crippen LogP contribution in [0, 0.1) is 6.92 Å². The van der Waals surface area contributed by atoms with E-state index in [-0.39, 0.29) is 12.1 Å². The number of hydrogen-bond acceptors (Lipinski definition) is 4. The SMILES string of the molecule is CNC(c1ccc(C)s1)C1COCCO1. The van der Waals surface area contributed by atoms with Crippen molar-refractivity contribution in [2.45, 2.75) is 19.1 Å². The Morgan fingerprint density at radius 1 is 1.47 bits per heavy atom. The lowest BCUT2D eigenvalue weighted by Crippen LogP contribution is -2.38. The van der Waals surface area contributed by atoms with Crippen LogP contribution in [-0.2, 0) is 9.47 Å². The van der Waals surface area contributed by atoms with Gasteiger partial charge in [0.05, 0.1) is 25.9 Å². The number of ether oxygens (including phenoxy) is 2. The van der Waals surface area contributed by atoms with Crippen molar-refractivity contribution in [1.82, 2.24) is 5.32 Å². The molecule has 1 N–H and O–H groups in total. The predicted molar refractivity (Wildman–Crippen MR) is 61.4 cm³/mol. The molecule has 1 fully saturated rings. The molecule has 2 rings (SSSR count). The van der Waals surface area contributed by atoms with Gasteiger partial charge in [0.1, 0.15) is 6.10 Å². The highest BCUT2D eigenvalue weighted by atomic mass is 32.1. The van der Waals surface area contributed by atoms with Gasteiger partial charge in [-0.25, -0.2) is 0 Å². The van der Waals surface area contributed by atoms with Gasteiger partial charge in [-0.3, -0.25) is 0 Å². The van der Waals surface area contributed by atoms with Crippen LogP contribution in [-0.4, -0.2) is 33.0 Å². The number of aryl methyl sites for hydroxylation is 1. The monoisotopic (exact) mass is 227 g/mol. The molecule has 1 aromatic heterocycles. The van der Waals surface area contributed by atoms with E-state index in [2.05, 4.69) is 24.4 Å². The molecular weight excluding hydrogens is 210 g/mol.